The minimum atomic E-state index is -0.450. The first kappa shape index (κ1) is 10.9. The zero-order chi connectivity index (χ0) is 11.5. The van der Waals surface area contributed by atoms with Crippen molar-refractivity contribution in [3.05, 3.63) is 34.4 Å². The Morgan fingerprint density at radius 2 is 2.00 bits per heavy atom. The Bertz CT molecular complexity index is 376. The molecule has 0 spiro atoms. The van der Waals surface area contributed by atoms with E-state index in [2.05, 4.69) is 0 Å². The van der Waals surface area contributed by atoms with Crippen molar-refractivity contribution in [2.75, 3.05) is 0 Å². The lowest BCUT2D eigenvalue weighted by Crippen LogP contribution is -2.25. The summed E-state index contributed by atoms with van der Waals surface area (Å²) in [5, 5.41) is 20.0. The number of hydrogen-bond donors (Lipinski definition) is 1. The van der Waals surface area contributed by atoms with E-state index in [9.17, 15) is 15.2 Å². The summed E-state index contributed by atoms with van der Waals surface area (Å²) >= 11 is 0. The summed E-state index contributed by atoms with van der Waals surface area (Å²) in [5.41, 5.74) is 0.0410. The second-order valence-corrected chi connectivity index (χ2v) is 3.91. The number of non-ortho nitro benzene ring substituents is 1. The first-order chi connectivity index (χ1) is 7.66. The molecular weight excluding hydrogens is 210 g/mol. The topological polar surface area (TPSA) is 72.6 Å². The van der Waals surface area contributed by atoms with Crippen LogP contribution in [-0.4, -0.2) is 22.2 Å². The van der Waals surface area contributed by atoms with Crippen LogP contribution in [0.15, 0.2) is 24.3 Å². The highest BCUT2D eigenvalue weighted by atomic mass is 16.6. The maximum absolute atomic E-state index is 10.4. The summed E-state index contributed by atoms with van der Waals surface area (Å²) < 4.78 is 5.55. The van der Waals surface area contributed by atoms with E-state index in [1.54, 1.807) is 12.1 Å². The number of benzene rings is 1. The van der Waals surface area contributed by atoms with Crippen LogP contribution in [-0.2, 0) is 0 Å². The van der Waals surface area contributed by atoms with Gasteiger partial charge in [0.15, 0.2) is 0 Å². The average molecular weight is 223 g/mol. The van der Waals surface area contributed by atoms with Crippen molar-refractivity contribution in [2.45, 2.75) is 31.5 Å². The third kappa shape index (κ3) is 2.30. The standard InChI is InChI=1S/C11H13NO4/c13-10-2-1-3-11(10)16-9-6-4-8(5-7-9)12(14)15/h4-7,10-11,13H,1-3H2/t10-,11-/m0/s1. The van der Waals surface area contributed by atoms with Crippen molar-refractivity contribution in [3.8, 4) is 5.75 Å². The van der Waals surface area contributed by atoms with Crippen LogP contribution >= 0.6 is 0 Å². The van der Waals surface area contributed by atoms with Gasteiger partial charge in [0.1, 0.15) is 11.9 Å². The van der Waals surface area contributed by atoms with E-state index >= 15 is 0 Å². The van der Waals surface area contributed by atoms with Gasteiger partial charge in [0.05, 0.1) is 11.0 Å². The molecule has 0 saturated heterocycles. The summed E-state index contributed by atoms with van der Waals surface area (Å²) in [5.74, 6) is 0.566. The maximum atomic E-state index is 10.4. The van der Waals surface area contributed by atoms with Gasteiger partial charge in [0.2, 0.25) is 0 Å². The normalized spacial score (nSPS) is 24.3. The number of aliphatic hydroxyl groups is 1. The fraction of sp³-hybridized carbons (Fsp3) is 0.455. The van der Waals surface area contributed by atoms with Gasteiger partial charge in [0.25, 0.3) is 5.69 Å². The molecule has 1 aliphatic rings. The number of aliphatic hydroxyl groups excluding tert-OH is 1. The molecule has 1 N–H and O–H groups in total. The smallest absolute Gasteiger partial charge is 0.269 e. The van der Waals surface area contributed by atoms with Crippen LogP contribution in [0, 0.1) is 10.1 Å². The summed E-state index contributed by atoms with van der Waals surface area (Å²) in [4.78, 5) is 9.98. The van der Waals surface area contributed by atoms with Gasteiger partial charge in [-0.2, -0.15) is 0 Å². The number of ether oxygens (including phenoxy) is 1. The van der Waals surface area contributed by atoms with Gasteiger partial charge in [0, 0.05) is 12.1 Å². The Labute approximate surface area is 92.8 Å². The minimum Gasteiger partial charge on any atom is -0.488 e. The molecule has 0 aromatic heterocycles. The highest BCUT2D eigenvalue weighted by molar-refractivity contribution is 5.36. The van der Waals surface area contributed by atoms with Gasteiger partial charge in [-0.05, 0) is 31.4 Å². The van der Waals surface area contributed by atoms with Gasteiger partial charge in [-0.3, -0.25) is 10.1 Å². The van der Waals surface area contributed by atoms with Crippen LogP contribution in [0.4, 0.5) is 5.69 Å². The van der Waals surface area contributed by atoms with Crippen molar-refractivity contribution in [1.82, 2.24) is 0 Å². The molecule has 0 radical (unpaired) electrons. The molecule has 2 atom stereocenters. The fourth-order valence-electron chi connectivity index (χ4n) is 1.87. The Hall–Kier alpha value is -1.62. The highest BCUT2D eigenvalue weighted by Crippen LogP contribution is 2.25. The predicted molar refractivity (Wildman–Crippen MR) is 57.4 cm³/mol. The minimum absolute atomic E-state index is 0.0410. The van der Waals surface area contributed by atoms with Crippen molar-refractivity contribution < 1.29 is 14.8 Å². The zero-order valence-electron chi connectivity index (χ0n) is 8.70. The van der Waals surface area contributed by atoms with E-state index in [0.717, 1.165) is 19.3 Å². The Morgan fingerprint density at radius 3 is 2.50 bits per heavy atom. The number of nitro benzene ring substituents is 1. The molecule has 16 heavy (non-hydrogen) atoms. The molecule has 0 aliphatic heterocycles. The first-order valence-electron chi connectivity index (χ1n) is 5.26. The first-order valence-corrected chi connectivity index (χ1v) is 5.26. The van der Waals surface area contributed by atoms with Crippen molar-refractivity contribution in [2.24, 2.45) is 0 Å². The molecule has 0 unspecified atom stereocenters. The van der Waals surface area contributed by atoms with E-state index in [0.29, 0.717) is 5.75 Å². The van der Waals surface area contributed by atoms with E-state index in [4.69, 9.17) is 4.74 Å². The quantitative estimate of drug-likeness (QED) is 0.627. The summed E-state index contributed by atoms with van der Waals surface area (Å²) in [6.45, 7) is 0. The molecule has 1 saturated carbocycles. The lowest BCUT2D eigenvalue weighted by atomic mass is 10.2. The molecule has 5 nitrogen and oxygen atoms in total. The monoisotopic (exact) mass is 223 g/mol. The van der Waals surface area contributed by atoms with Crippen molar-refractivity contribution >= 4 is 5.69 Å². The maximum Gasteiger partial charge on any atom is 0.269 e. The zero-order valence-corrected chi connectivity index (χ0v) is 8.70. The highest BCUT2D eigenvalue weighted by Gasteiger charge is 2.26. The molecule has 1 aromatic carbocycles. The van der Waals surface area contributed by atoms with Gasteiger partial charge in [-0.15, -0.1) is 0 Å². The molecule has 1 aliphatic carbocycles. The molecule has 0 heterocycles. The average Bonchev–Trinajstić information content (AvgIpc) is 2.65. The molecular formula is C11H13NO4. The largest absolute Gasteiger partial charge is 0.488 e. The van der Waals surface area contributed by atoms with Crippen LogP contribution in [0.5, 0.6) is 5.75 Å². The SMILES string of the molecule is O=[N+]([O-])c1ccc(O[C@H]2CCC[C@@H]2O)cc1. The second-order valence-electron chi connectivity index (χ2n) is 3.91. The third-order valence-electron chi connectivity index (χ3n) is 2.75. The number of nitro groups is 1. The molecule has 86 valence electrons. The molecule has 2 rings (SSSR count). The Balaban J connectivity index is 2.02. The van der Waals surface area contributed by atoms with Crippen LogP contribution in [0.25, 0.3) is 0 Å². The van der Waals surface area contributed by atoms with E-state index in [1.807, 2.05) is 0 Å². The summed E-state index contributed by atoms with van der Waals surface area (Å²) in [6.07, 6.45) is 1.95. The number of rotatable bonds is 3. The lowest BCUT2D eigenvalue weighted by Gasteiger charge is -2.16. The van der Waals surface area contributed by atoms with Gasteiger partial charge >= 0.3 is 0 Å². The van der Waals surface area contributed by atoms with Crippen LogP contribution < -0.4 is 4.74 Å². The second kappa shape index (κ2) is 4.49. The fourth-order valence-corrected chi connectivity index (χ4v) is 1.87. The van der Waals surface area contributed by atoms with Gasteiger partial charge < -0.3 is 9.84 Å². The lowest BCUT2D eigenvalue weighted by molar-refractivity contribution is -0.384. The van der Waals surface area contributed by atoms with E-state index < -0.39 is 11.0 Å². The third-order valence-corrected chi connectivity index (χ3v) is 2.75. The summed E-state index contributed by atoms with van der Waals surface area (Å²) in [7, 11) is 0. The van der Waals surface area contributed by atoms with Gasteiger partial charge in [-0.25, -0.2) is 0 Å². The van der Waals surface area contributed by atoms with Crippen molar-refractivity contribution in [1.29, 1.82) is 0 Å². The predicted octanol–water partition coefficient (Wildman–Crippen LogP) is 1.89. The molecule has 0 amide bonds. The van der Waals surface area contributed by atoms with E-state index in [1.165, 1.54) is 12.1 Å². The Kier molecular flexibility index (Phi) is 3.05. The molecule has 1 aromatic rings. The molecule has 1 fully saturated rings. The number of nitrogens with zero attached hydrogens (tertiary/aromatic N) is 1. The van der Waals surface area contributed by atoms with Gasteiger partial charge in [-0.1, -0.05) is 0 Å². The van der Waals surface area contributed by atoms with Crippen LogP contribution in [0.2, 0.25) is 0 Å². The number of hydrogen-bond acceptors (Lipinski definition) is 4. The van der Waals surface area contributed by atoms with Crippen molar-refractivity contribution in [3.63, 3.8) is 0 Å². The summed E-state index contributed by atoms with van der Waals surface area (Å²) in [6, 6.07) is 5.92. The molecule has 5 heteroatoms. The van der Waals surface area contributed by atoms with Crippen LogP contribution in [0.1, 0.15) is 19.3 Å². The Morgan fingerprint density at radius 1 is 1.31 bits per heavy atom. The molecule has 0 bridgehead atoms. The van der Waals surface area contributed by atoms with E-state index in [-0.39, 0.29) is 11.8 Å². The van der Waals surface area contributed by atoms with Crippen LogP contribution in [0.3, 0.4) is 0 Å².